The lowest BCUT2D eigenvalue weighted by Crippen LogP contribution is -2.10. The number of carbonyl (C=O) groups is 1. The second-order valence-corrected chi connectivity index (χ2v) is 6.26. The highest BCUT2D eigenvalue weighted by atomic mass is 35.5. The molecule has 0 heterocycles. The molecule has 0 radical (unpaired) electrons. The Hall–Kier alpha value is -2.57. The summed E-state index contributed by atoms with van der Waals surface area (Å²) in [7, 11) is 0. The summed E-state index contributed by atoms with van der Waals surface area (Å²) in [5.74, 6) is 0.461. The molecular weight excluding hydrogens is 322 g/mol. The van der Waals surface area contributed by atoms with E-state index >= 15 is 0 Å². The van der Waals surface area contributed by atoms with E-state index in [1.807, 2.05) is 19.9 Å². The third kappa shape index (κ3) is 5.26. The normalized spacial score (nSPS) is 11.2. The first-order valence-electron chi connectivity index (χ1n) is 7.66. The second kappa shape index (κ2) is 8.33. The molecule has 0 aliphatic carbocycles. The van der Waals surface area contributed by atoms with Crippen LogP contribution in [0.5, 0.6) is 5.75 Å². The van der Waals surface area contributed by atoms with Gasteiger partial charge in [-0.2, -0.15) is 5.26 Å². The van der Waals surface area contributed by atoms with Crippen molar-refractivity contribution in [3.05, 3.63) is 64.7 Å². The number of halogens is 1. The van der Waals surface area contributed by atoms with E-state index in [-0.39, 0.29) is 11.9 Å². The van der Waals surface area contributed by atoms with E-state index in [1.54, 1.807) is 48.5 Å². The molecule has 0 saturated carbocycles. The smallest absolute Gasteiger partial charge is 0.311 e. The molecule has 122 valence electrons. The van der Waals surface area contributed by atoms with Crippen molar-refractivity contribution in [1.29, 1.82) is 5.26 Å². The molecule has 2 aromatic rings. The van der Waals surface area contributed by atoms with Gasteiger partial charge >= 0.3 is 5.97 Å². The Balaban J connectivity index is 2.22. The van der Waals surface area contributed by atoms with Gasteiger partial charge < -0.3 is 4.74 Å². The largest absolute Gasteiger partial charge is 0.427 e. The van der Waals surface area contributed by atoms with Crippen LogP contribution in [0.2, 0.25) is 5.02 Å². The van der Waals surface area contributed by atoms with Gasteiger partial charge in [-0.25, -0.2) is 0 Å². The van der Waals surface area contributed by atoms with E-state index < -0.39 is 0 Å². The monoisotopic (exact) mass is 339 g/mol. The lowest BCUT2D eigenvalue weighted by atomic mass is 10.0. The van der Waals surface area contributed by atoms with Gasteiger partial charge in [-0.3, -0.25) is 4.79 Å². The standard InChI is InChI=1S/C20H18ClNO2/c1-14(2)10-20(23)24-19-5-3-4-15(12-19)11-17(13-22)16-6-8-18(21)9-7-16/h3-9,11-12,14H,10H2,1-2H3/b17-11-. The number of rotatable bonds is 5. The van der Waals surface area contributed by atoms with Crippen LogP contribution in [0.1, 0.15) is 31.4 Å². The Morgan fingerprint density at radius 3 is 2.58 bits per heavy atom. The van der Waals surface area contributed by atoms with Crippen molar-refractivity contribution in [3.63, 3.8) is 0 Å². The number of ether oxygens (including phenoxy) is 1. The summed E-state index contributed by atoms with van der Waals surface area (Å²) in [5, 5.41) is 10.0. The molecule has 0 unspecified atom stereocenters. The van der Waals surface area contributed by atoms with Crippen molar-refractivity contribution in [2.24, 2.45) is 5.92 Å². The lowest BCUT2D eigenvalue weighted by molar-refractivity contribution is -0.135. The third-order valence-corrected chi connectivity index (χ3v) is 3.50. The first-order valence-corrected chi connectivity index (χ1v) is 8.04. The van der Waals surface area contributed by atoms with E-state index in [0.717, 1.165) is 11.1 Å². The number of hydrogen-bond donors (Lipinski definition) is 0. The summed E-state index contributed by atoms with van der Waals surface area (Å²) in [6.07, 6.45) is 2.12. The number of allylic oxidation sites excluding steroid dienone is 1. The maximum absolute atomic E-state index is 11.8. The number of carbonyl (C=O) groups excluding carboxylic acids is 1. The van der Waals surface area contributed by atoms with Crippen LogP contribution >= 0.6 is 11.6 Å². The minimum Gasteiger partial charge on any atom is -0.427 e. The fraction of sp³-hybridized carbons (Fsp3) is 0.200. The predicted octanol–water partition coefficient (Wildman–Crippen LogP) is 5.36. The van der Waals surface area contributed by atoms with Gasteiger partial charge in [0.05, 0.1) is 11.6 Å². The Labute approximate surface area is 147 Å². The SMILES string of the molecule is CC(C)CC(=O)Oc1cccc(/C=C(/C#N)c2ccc(Cl)cc2)c1. The second-order valence-electron chi connectivity index (χ2n) is 5.82. The molecule has 24 heavy (non-hydrogen) atoms. The molecule has 2 aromatic carbocycles. The van der Waals surface area contributed by atoms with E-state index in [1.165, 1.54) is 0 Å². The van der Waals surface area contributed by atoms with Crippen LogP contribution in [0, 0.1) is 17.2 Å². The number of nitriles is 1. The molecule has 0 aliphatic heterocycles. The van der Waals surface area contributed by atoms with Gasteiger partial charge in [0, 0.05) is 11.4 Å². The van der Waals surface area contributed by atoms with Crippen LogP contribution in [0.4, 0.5) is 0 Å². The van der Waals surface area contributed by atoms with Crippen molar-refractivity contribution in [3.8, 4) is 11.8 Å². The highest BCUT2D eigenvalue weighted by Crippen LogP contribution is 2.22. The Kier molecular flexibility index (Phi) is 6.17. The predicted molar refractivity (Wildman–Crippen MR) is 96.5 cm³/mol. The molecule has 0 spiro atoms. The van der Waals surface area contributed by atoms with Crippen LogP contribution in [0.25, 0.3) is 11.6 Å². The molecule has 0 amide bonds. The Morgan fingerprint density at radius 1 is 1.25 bits per heavy atom. The van der Waals surface area contributed by atoms with Crippen LogP contribution in [-0.4, -0.2) is 5.97 Å². The summed E-state index contributed by atoms with van der Waals surface area (Å²) in [4.78, 5) is 11.8. The van der Waals surface area contributed by atoms with Crippen LogP contribution in [-0.2, 0) is 4.79 Å². The van der Waals surface area contributed by atoms with Gasteiger partial charge in [-0.15, -0.1) is 0 Å². The summed E-state index contributed by atoms with van der Waals surface area (Å²) in [6, 6.07) is 16.4. The number of benzene rings is 2. The van der Waals surface area contributed by atoms with Crippen LogP contribution in [0.15, 0.2) is 48.5 Å². The van der Waals surface area contributed by atoms with Crippen molar-refractivity contribution >= 4 is 29.2 Å². The minimum atomic E-state index is -0.260. The first kappa shape index (κ1) is 17.8. The molecular formula is C20H18ClNO2. The Bertz CT molecular complexity index is 786. The van der Waals surface area contributed by atoms with E-state index in [0.29, 0.717) is 22.8 Å². The molecule has 0 saturated heterocycles. The lowest BCUT2D eigenvalue weighted by Gasteiger charge is -2.07. The van der Waals surface area contributed by atoms with Gasteiger partial charge in [0.25, 0.3) is 0 Å². The molecule has 0 N–H and O–H groups in total. The summed E-state index contributed by atoms with van der Waals surface area (Å²) >= 11 is 5.87. The first-order chi connectivity index (χ1) is 11.5. The van der Waals surface area contributed by atoms with Crippen LogP contribution in [0.3, 0.4) is 0 Å². The molecule has 0 atom stereocenters. The maximum atomic E-state index is 11.8. The molecule has 0 aromatic heterocycles. The molecule has 0 aliphatic rings. The minimum absolute atomic E-state index is 0.246. The zero-order valence-corrected chi connectivity index (χ0v) is 14.4. The molecule has 0 fully saturated rings. The molecule has 3 nitrogen and oxygen atoms in total. The highest BCUT2D eigenvalue weighted by Gasteiger charge is 2.08. The molecule has 2 rings (SSSR count). The quantitative estimate of drug-likeness (QED) is 0.319. The van der Waals surface area contributed by atoms with Gasteiger partial charge in [0.15, 0.2) is 0 Å². The molecule has 4 heteroatoms. The average molecular weight is 340 g/mol. The number of esters is 1. The zero-order valence-electron chi connectivity index (χ0n) is 13.6. The van der Waals surface area contributed by atoms with Crippen molar-refractivity contribution in [1.82, 2.24) is 0 Å². The topological polar surface area (TPSA) is 50.1 Å². The summed E-state index contributed by atoms with van der Waals surface area (Å²) < 4.78 is 5.33. The van der Waals surface area contributed by atoms with Gasteiger partial charge in [0.2, 0.25) is 0 Å². The van der Waals surface area contributed by atoms with Crippen molar-refractivity contribution in [2.45, 2.75) is 20.3 Å². The van der Waals surface area contributed by atoms with Crippen molar-refractivity contribution in [2.75, 3.05) is 0 Å². The van der Waals surface area contributed by atoms with E-state index in [4.69, 9.17) is 16.3 Å². The van der Waals surface area contributed by atoms with Crippen molar-refractivity contribution < 1.29 is 9.53 Å². The third-order valence-electron chi connectivity index (χ3n) is 3.25. The number of nitrogens with zero attached hydrogens (tertiary/aromatic N) is 1. The Morgan fingerprint density at radius 2 is 1.96 bits per heavy atom. The fourth-order valence-corrected chi connectivity index (χ4v) is 2.28. The van der Waals surface area contributed by atoms with Crippen LogP contribution < -0.4 is 4.74 Å². The highest BCUT2D eigenvalue weighted by molar-refractivity contribution is 6.30. The van der Waals surface area contributed by atoms with Gasteiger partial charge in [0.1, 0.15) is 5.75 Å². The van der Waals surface area contributed by atoms with E-state index in [2.05, 4.69) is 6.07 Å². The van der Waals surface area contributed by atoms with Gasteiger partial charge in [-0.05, 0) is 47.4 Å². The fourth-order valence-electron chi connectivity index (χ4n) is 2.15. The number of hydrogen-bond acceptors (Lipinski definition) is 3. The summed E-state index contributed by atoms with van der Waals surface area (Å²) in [6.45, 7) is 3.93. The molecule has 0 bridgehead atoms. The summed E-state index contributed by atoms with van der Waals surface area (Å²) in [5.41, 5.74) is 2.08. The maximum Gasteiger partial charge on any atom is 0.311 e. The average Bonchev–Trinajstić information content (AvgIpc) is 2.53. The van der Waals surface area contributed by atoms with E-state index in [9.17, 15) is 10.1 Å². The zero-order chi connectivity index (χ0) is 17.5. The van der Waals surface area contributed by atoms with Gasteiger partial charge in [-0.1, -0.05) is 49.7 Å².